The van der Waals surface area contributed by atoms with Gasteiger partial charge in [0.25, 0.3) is 0 Å². The average molecular weight is 236 g/mol. The lowest BCUT2D eigenvalue weighted by Crippen LogP contribution is -2.29. The van der Waals surface area contributed by atoms with E-state index in [0.717, 1.165) is 50.6 Å². The van der Waals surface area contributed by atoms with Crippen LogP contribution < -0.4 is 5.32 Å². The fraction of sp³-hybridized carbons (Fsp3) is 0.833. The molecule has 1 aromatic rings. The first-order valence-corrected chi connectivity index (χ1v) is 6.58. The van der Waals surface area contributed by atoms with Gasteiger partial charge in [0.05, 0.1) is 6.04 Å². The van der Waals surface area contributed by atoms with E-state index in [-0.39, 0.29) is 0 Å². The van der Waals surface area contributed by atoms with Crippen LogP contribution in [0.25, 0.3) is 0 Å². The minimum absolute atomic E-state index is 0.294. The Morgan fingerprint density at radius 3 is 2.82 bits per heavy atom. The van der Waals surface area contributed by atoms with Gasteiger partial charge in [-0.3, -0.25) is 0 Å². The molecular formula is C12H20N4O. The fourth-order valence-electron chi connectivity index (χ4n) is 2.72. The molecule has 0 aromatic carbocycles. The van der Waals surface area contributed by atoms with Gasteiger partial charge >= 0.3 is 0 Å². The number of rotatable bonds is 2. The van der Waals surface area contributed by atoms with Crippen molar-refractivity contribution in [3.63, 3.8) is 0 Å². The van der Waals surface area contributed by atoms with Gasteiger partial charge in [0.1, 0.15) is 0 Å². The van der Waals surface area contributed by atoms with Gasteiger partial charge < -0.3 is 14.7 Å². The maximum atomic E-state index is 5.39. The molecule has 5 heteroatoms. The van der Waals surface area contributed by atoms with E-state index in [9.17, 15) is 0 Å². The summed E-state index contributed by atoms with van der Waals surface area (Å²) in [6, 6.07) is 0.294. The summed E-state index contributed by atoms with van der Waals surface area (Å²) < 4.78 is 5.39. The predicted molar refractivity (Wildman–Crippen MR) is 63.7 cm³/mol. The van der Waals surface area contributed by atoms with Crippen molar-refractivity contribution in [1.29, 1.82) is 0 Å². The van der Waals surface area contributed by atoms with Crippen molar-refractivity contribution >= 4 is 0 Å². The Kier molecular flexibility index (Phi) is 3.11. The van der Waals surface area contributed by atoms with Crippen LogP contribution in [-0.2, 0) is 0 Å². The Hall–Kier alpha value is -0.940. The summed E-state index contributed by atoms with van der Waals surface area (Å²) in [5, 5.41) is 7.56. The van der Waals surface area contributed by atoms with Gasteiger partial charge in [-0.1, -0.05) is 5.16 Å². The second kappa shape index (κ2) is 4.74. The van der Waals surface area contributed by atoms with Gasteiger partial charge in [0, 0.05) is 5.92 Å². The molecule has 1 atom stereocenters. The molecule has 17 heavy (non-hydrogen) atoms. The number of likely N-dealkylation sites (tertiary alicyclic amines) is 1. The molecule has 2 aliphatic rings. The number of nitrogens with one attached hydrogen (secondary N) is 1. The Morgan fingerprint density at radius 2 is 2.12 bits per heavy atom. The molecule has 2 saturated heterocycles. The third-order valence-corrected chi connectivity index (χ3v) is 3.90. The van der Waals surface area contributed by atoms with Crippen LogP contribution in [0.3, 0.4) is 0 Å². The van der Waals surface area contributed by atoms with E-state index in [1.54, 1.807) is 0 Å². The van der Waals surface area contributed by atoms with Crippen molar-refractivity contribution < 1.29 is 4.52 Å². The largest absolute Gasteiger partial charge is 0.338 e. The van der Waals surface area contributed by atoms with Gasteiger partial charge in [0.15, 0.2) is 5.82 Å². The lowest BCUT2D eigenvalue weighted by atomic mass is 9.96. The summed E-state index contributed by atoms with van der Waals surface area (Å²) in [7, 11) is 2.17. The Bertz CT molecular complexity index is 364. The molecule has 5 nitrogen and oxygen atoms in total. The molecule has 2 aliphatic heterocycles. The monoisotopic (exact) mass is 236 g/mol. The number of hydrogen-bond donors (Lipinski definition) is 1. The smallest absolute Gasteiger partial charge is 0.243 e. The average Bonchev–Trinajstić information content (AvgIpc) is 3.00. The maximum absolute atomic E-state index is 5.39. The second-order valence-corrected chi connectivity index (χ2v) is 5.22. The lowest BCUT2D eigenvalue weighted by molar-refractivity contribution is 0.247. The molecule has 0 spiro atoms. The highest BCUT2D eigenvalue weighted by Gasteiger charge is 2.26. The van der Waals surface area contributed by atoms with E-state index in [1.165, 1.54) is 6.42 Å². The summed E-state index contributed by atoms with van der Waals surface area (Å²) in [5.74, 6) is 2.20. The zero-order valence-electron chi connectivity index (χ0n) is 10.4. The third-order valence-electron chi connectivity index (χ3n) is 3.90. The van der Waals surface area contributed by atoms with Gasteiger partial charge in [-0.05, 0) is 52.4 Å². The zero-order valence-corrected chi connectivity index (χ0v) is 10.4. The van der Waals surface area contributed by atoms with E-state index in [0.29, 0.717) is 12.0 Å². The molecule has 0 amide bonds. The SMILES string of the molecule is CN1CCC(c2noc(C3CCCN3)n2)CC1. The molecule has 0 saturated carbocycles. The summed E-state index contributed by atoms with van der Waals surface area (Å²) in [5.41, 5.74) is 0. The van der Waals surface area contributed by atoms with Crippen molar-refractivity contribution in [3.05, 3.63) is 11.7 Å². The van der Waals surface area contributed by atoms with E-state index in [4.69, 9.17) is 4.52 Å². The van der Waals surface area contributed by atoms with Crippen LogP contribution in [0.4, 0.5) is 0 Å². The summed E-state index contributed by atoms with van der Waals surface area (Å²) in [6.45, 7) is 3.34. The number of aromatic nitrogens is 2. The highest BCUT2D eigenvalue weighted by Crippen LogP contribution is 2.27. The van der Waals surface area contributed by atoms with E-state index in [1.807, 2.05) is 0 Å². The topological polar surface area (TPSA) is 54.2 Å². The highest BCUT2D eigenvalue weighted by molar-refractivity contribution is 5.01. The number of hydrogen-bond acceptors (Lipinski definition) is 5. The first-order valence-electron chi connectivity index (χ1n) is 6.58. The Morgan fingerprint density at radius 1 is 1.29 bits per heavy atom. The van der Waals surface area contributed by atoms with Crippen LogP contribution in [0.1, 0.15) is 49.4 Å². The summed E-state index contributed by atoms with van der Waals surface area (Å²) in [6.07, 6.45) is 4.62. The number of nitrogens with zero attached hydrogens (tertiary/aromatic N) is 3. The Labute approximate surface area is 102 Å². The minimum Gasteiger partial charge on any atom is -0.338 e. The van der Waals surface area contributed by atoms with Crippen molar-refractivity contribution in [1.82, 2.24) is 20.4 Å². The van der Waals surface area contributed by atoms with Gasteiger partial charge in [0.2, 0.25) is 5.89 Å². The zero-order chi connectivity index (χ0) is 11.7. The summed E-state index contributed by atoms with van der Waals surface area (Å²) in [4.78, 5) is 6.94. The van der Waals surface area contributed by atoms with Crippen molar-refractivity contribution in [2.24, 2.45) is 0 Å². The van der Waals surface area contributed by atoms with Crippen LogP contribution in [-0.4, -0.2) is 41.7 Å². The predicted octanol–water partition coefficient (Wildman–Crippen LogP) is 1.30. The maximum Gasteiger partial charge on any atom is 0.243 e. The number of piperidine rings is 1. The van der Waals surface area contributed by atoms with Crippen LogP contribution in [0.15, 0.2) is 4.52 Å². The normalized spacial score (nSPS) is 27.7. The van der Waals surface area contributed by atoms with Crippen LogP contribution in [0, 0.1) is 0 Å². The molecule has 1 unspecified atom stereocenters. The van der Waals surface area contributed by atoms with E-state index < -0.39 is 0 Å². The molecular weight excluding hydrogens is 216 g/mol. The van der Waals surface area contributed by atoms with Gasteiger partial charge in [-0.25, -0.2) is 0 Å². The van der Waals surface area contributed by atoms with Crippen molar-refractivity contribution in [2.75, 3.05) is 26.7 Å². The second-order valence-electron chi connectivity index (χ2n) is 5.22. The molecule has 0 aliphatic carbocycles. The first kappa shape index (κ1) is 11.2. The third kappa shape index (κ3) is 2.35. The molecule has 94 valence electrons. The molecule has 0 radical (unpaired) electrons. The van der Waals surface area contributed by atoms with E-state index in [2.05, 4.69) is 27.4 Å². The quantitative estimate of drug-likeness (QED) is 0.839. The van der Waals surface area contributed by atoms with Crippen molar-refractivity contribution in [3.8, 4) is 0 Å². The van der Waals surface area contributed by atoms with E-state index >= 15 is 0 Å². The molecule has 3 rings (SSSR count). The lowest BCUT2D eigenvalue weighted by Gasteiger charge is -2.26. The summed E-state index contributed by atoms with van der Waals surface area (Å²) >= 11 is 0. The minimum atomic E-state index is 0.294. The molecule has 1 N–H and O–H groups in total. The van der Waals surface area contributed by atoms with Crippen LogP contribution in [0.2, 0.25) is 0 Å². The Balaban J connectivity index is 1.67. The van der Waals surface area contributed by atoms with Gasteiger partial charge in [-0.2, -0.15) is 4.98 Å². The van der Waals surface area contributed by atoms with Crippen LogP contribution >= 0.6 is 0 Å². The standard InChI is InChI=1S/C12H20N4O/c1-16-7-4-9(5-8-16)11-14-12(17-15-11)10-3-2-6-13-10/h9-10,13H,2-8H2,1H3. The highest BCUT2D eigenvalue weighted by atomic mass is 16.5. The molecule has 2 fully saturated rings. The van der Waals surface area contributed by atoms with Gasteiger partial charge in [-0.15, -0.1) is 0 Å². The van der Waals surface area contributed by atoms with Crippen LogP contribution in [0.5, 0.6) is 0 Å². The molecule has 1 aromatic heterocycles. The van der Waals surface area contributed by atoms with Crippen molar-refractivity contribution in [2.45, 2.75) is 37.6 Å². The molecule has 0 bridgehead atoms. The first-order chi connectivity index (χ1) is 8.33. The fourth-order valence-corrected chi connectivity index (χ4v) is 2.72. The molecule has 3 heterocycles.